The number of carbonyl (C=O) groups excluding carboxylic acids is 1. The maximum absolute atomic E-state index is 11.1. The van der Waals surface area contributed by atoms with Gasteiger partial charge in [-0.1, -0.05) is 18.2 Å². The highest BCUT2D eigenvalue weighted by atomic mass is 16.5. The minimum atomic E-state index is -0.870. The summed E-state index contributed by atoms with van der Waals surface area (Å²) in [6.07, 6.45) is 2.55. The van der Waals surface area contributed by atoms with E-state index in [1.807, 2.05) is 6.07 Å². The number of Topliss-reactive ketones (excluding diaryl/α,β-unsaturated/α-hetero) is 1. The molecule has 1 N–H and O–H groups in total. The SMILES string of the molecule is O=C(O)Cc1ccccc1OC1CCC(=O)CC1. The summed E-state index contributed by atoms with van der Waals surface area (Å²) < 4.78 is 5.82. The van der Waals surface area contributed by atoms with Crippen LogP contribution in [0.25, 0.3) is 0 Å². The summed E-state index contributed by atoms with van der Waals surface area (Å²) in [5.41, 5.74) is 0.682. The second-order valence-electron chi connectivity index (χ2n) is 4.53. The smallest absolute Gasteiger partial charge is 0.307 e. The molecule has 0 unspecified atom stereocenters. The van der Waals surface area contributed by atoms with Crippen LogP contribution in [-0.4, -0.2) is 23.0 Å². The van der Waals surface area contributed by atoms with E-state index in [9.17, 15) is 9.59 Å². The van der Waals surface area contributed by atoms with Crippen molar-refractivity contribution < 1.29 is 19.4 Å². The van der Waals surface area contributed by atoms with Crippen LogP contribution in [-0.2, 0) is 16.0 Å². The Balaban J connectivity index is 2.04. The van der Waals surface area contributed by atoms with Crippen molar-refractivity contribution >= 4 is 11.8 Å². The third-order valence-corrected chi connectivity index (χ3v) is 3.10. The number of aliphatic carboxylic acids is 1. The van der Waals surface area contributed by atoms with Gasteiger partial charge in [-0.05, 0) is 18.9 Å². The number of para-hydroxylation sites is 1. The fourth-order valence-electron chi connectivity index (χ4n) is 2.14. The Hall–Kier alpha value is -1.84. The summed E-state index contributed by atoms with van der Waals surface area (Å²) in [5.74, 6) is 0.0396. The maximum atomic E-state index is 11.1. The van der Waals surface area contributed by atoms with Gasteiger partial charge in [0, 0.05) is 18.4 Å². The molecule has 1 fully saturated rings. The van der Waals surface area contributed by atoms with Gasteiger partial charge in [0.25, 0.3) is 0 Å². The maximum Gasteiger partial charge on any atom is 0.307 e. The van der Waals surface area contributed by atoms with Crippen molar-refractivity contribution in [3.8, 4) is 5.75 Å². The molecule has 2 rings (SSSR count). The minimum absolute atomic E-state index is 0.0256. The van der Waals surface area contributed by atoms with Gasteiger partial charge in [-0.3, -0.25) is 9.59 Å². The summed E-state index contributed by atoms with van der Waals surface area (Å²) in [6, 6.07) is 7.18. The first-order valence-electron chi connectivity index (χ1n) is 6.13. The van der Waals surface area contributed by atoms with Crippen molar-refractivity contribution in [3.05, 3.63) is 29.8 Å². The molecule has 18 heavy (non-hydrogen) atoms. The predicted molar refractivity (Wildman–Crippen MR) is 65.7 cm³/mol. The first-order valence-corrected chi connectivity index (χ1v) is 6.13. The number of carboxylic acid groups (broad SMARTS) is 1. The van der Waals surface area contributed by atoms with Crippen LogP contribution in [0.4, 0.5) is 0 Å². The normalized spacial score (nSPS) is 16.6. The molecule has 1 aromatic carbocycles. The Kier molecular flexibility index (Phi) is 3.97. The lowest BCUT2D eigenvalue weighted by molar-refractivity contribution is -0.136. The molecule has 0 amide bonds. The van der Waals surface area contributed by atoms with E-state index in [0.29, 0.717) is 24.2 Å². The van der Waals surface area contributed by atoms with E-state index in [1.165, 1.54) is 0 Å². The van der Waals surface area contributed by atoms with Crippen LogP contribution in [0.2, 0.25) is 0 Å². The third kappa shape index (κ3) is 3.32. The van der Waals surface area contributed by atoms with Gasteiger partial charge >= 0.3 is 5.97 Å². The van der Waals surface area contributed by atoms with Gasteiger partial charge in [-0.2, -0.15) is 0 Å². The molecular weight excluding hydrogens is 232 g/mol. The van der Waals surface area contributed by atoms with Crippen molar-refractivity contribution in [1.82, 2.24) is 0 Å². The zero-order valence-electron chi connectivity index (χ0n) is 10.1. The van der Waals surface area contributed by atoms with Gasteiger partial charge < -0.3 is 9.84 Å². The van der Waals surface area contributed by atoms with Crippen LogP contribution in [0.3, 0.4) is 0 Å². The number of ketones is 1. The van der Waals surface area contributed by atoms with Crippen LogP contribution in [0.5, 0.6) is 5.75 Å². The summed E-state index contributed by atoms with van der Waals surface area (Å²) in [6.45, 7) is 0. The van der Waals surface area contributed by atoms with Gasteiger partial charge in [0.1, 0.15) is 11.5 Å². The molecule has 0 aliphatic heterocycles. The average Bonchev–Trinajstić information content (AvgIpc) is 2.34. The third-order valence-electron chi connectivity index (χ3n) is 3.10. The summed E-state index contributed by atoms with van der Waals surface area (Å²) >= 11 is 0. The van der Waals surface area contributed by atoms with Gasteiger partial charge in [-0.25, -0.2) is 0 Å². The number of rotatable bonds is 4. The van der Waals surface area contributed by atoms with E-state index in [4.69, 9.17) is 9.84 Å². The highest BCUT2D eigenvalue weighted by molar-refractivity contribution is 5.79. The Morgan fingerprint density at radius 1 is 1.28 bits per heavy atom. The van der Waals surface area contributed by atoms with E-state index in [2.05, 4.69) is 0 Å². The molecule has 0 heterocycles. The number of hydrogen-bond acceptors (Lipinski definition) is 3. The summed E-state index contributed by atoms with van der Waals surface area (Å²) in [4.78, 5) is 21.9. The average molecular weight is 248 g/mol. The Morgan fingerprint density at radius 3 is 2.61 bits per heavy atom. The fraction of sp³-hybridized carbons (Fsp3) is 0.429. The molecular formula is C14H16O4. The van der Waals surface area contributed by atoms with Crippen molar-refractivity contribution in [2.75, 3.05) is 0 Å². The zero-order chi connectivity index (χ0) is 13.0. The monoisotopic (exact) mass is 248 g/mol. The highest BCUT2D eigenvalue weighted by Crippen LogP contribution is 2.25. The molecule has 0 atom stereocenters. The molecule has 0 aromatic heterocycles. The van der Waals surface area contributed by atoms with E-state index in [0.717, 1.165) is 12.8 Å². The highest BCUT2D eigenvalue weighted by Gasteiger charge is 2.21. The van der Waals surface area contributed by atoms with Crippen molar-refractivity contribution in [2.24, 2.45) is 0 Å². The van der Waals surface area contributed by atoms with Gasteiger partial charge in [-0.15, -0.1) is 0 Å². The molecule has 4 heteroatoms. The molecule has 0 saturated heterocycles. The molecule has 0 spiro atoms. The number of ether oxygens (including phenoxy) is 1. The van der Waals surface area contributed by atoms with Crippen LogP contribution in [0.15, 0.2) is 24.3 Å². The van der Waals surface area contributed by atoms with Gasteiger partial charge in [0.05, 0.1) is 12.5 Å². The lowest BCUT2D eigenvalue weighted by atomic mass is 9.96. The zero-order valence-corrected chi connectivity index (χ0v) is 10.1. The molecule has 0 bridgehead atoms. The Labute approximate surface area is 106 Å². The number of benzene rings is 1. The van der Waals surface area contributed by atoms with Crippen LogP contribution in [0.1, 0.15) is 31.2 Å². The first-order chi connectivity index (χ1) is 8.65. The lowest BCUT2D eigenvalue weighted by Gasteiger charge is -2.23. The van der Waals surface area contributed by atoms with Crippen molar-refractivity contribution in [2.45, 2.75) is 38.2 Å². The summed E-state index contributed by atoms with van der Waals surface area (Å²) in [5, 5.41) is 8.83. The van der Waals surface area contributed by atoms with E-state index in [1.54, 1.807) is 18.2 Å². The topological polar surface area (TPSA) is 63.6 Å². The number of hydrogen-bond donors (Lipinski definition) is 1. The molecule has 1 aromatic rings. The molecule has 1 saturated carbocycles. The second kappa shape index (κ2) is 5.67. The van der Waals surface area contributed by atoms with E-state index in [-0.39, 0.29) is 18.3 Å². The molecule has 1 aliphatic rings. The second-order valence-corrected chi connectivity index (χ2v) is 4.53. The van der Waals surface area contributed by atoms with Crippen LogP contribution < -0.4 is 4.74 Å². The van der Waals surface area contributed by atoms with Gasteiger partial charge in [0.2, 0.25) is 0 Å². The van der Waals surface area contributed by atoms with E-state index >= 15 is 0 Å². The first kappa shape index (κ1) is 12.6. The Morgan fingerprint density at radius 2 is 1.94 bits per heavy atom. The number of carboxylic acids is 1. The van der Waals surface area contributed by atoms with Crippen molar-refractivity contribution in [3.63, 3.8) is 0 Å². The summed E-state index contributed by atoms with van der Waals surface area (Å²) in [7, 11) is 0. The Bertz CT molecular complexity index is 443. The van der Waals surface area contributed by atoms with Crippen LogP contribution in [0, 0.1) is 0 Å². The van der Waals surface area contributed by atoms with Crippen LogP contribution >= 0.6 is 0 Å². The predicted octanol–water partition coefficient (Wildman–Crippen LogP) is 2.20. The standard InChI is InChI=1S/C14H16O4/c15-11-5-7-12(8-6-11)18-13-4-2-1-3-10(13)9-14(16)17/h1-4,12H,5-9H2,(H,16,17). The minimum Gasteiger partial charge on any atom is -0.490 e. The fourth-order valence-corrected chi connectivity index (χ4v) is 2.14. The van der Waals surface area contributed by atoms with Gasteiger partial charge in [0.15, 0.2) is 0 Å². The number of carbonyl (C=O) groups is 2. The molecule has 0 radical (unpaired) electrons. The molecule has 1 aliphatic carbocycles. The molecule has 4 nitrogen and oxygen atoms in total. The van der Waals surface area contributed by atoms with Crippen molar-refractivity contribution in [1.29, 1.82) is 0 Å². The van der Waals surface area contributed by atoms with E-state index < -0.39 is 5.97 Å². The quantitative estimate of drug-likeness (QED) is 0.887. The molecule has 96 valence electrons. The lowest BCUT2D eigenvalue weighted by Crippen LogP contribution is -2.24. The largest absolute Gasteiger partial charge is 0.490 e.